The Morgan fingerprint density at radius 3 is 2.44 bits per heavy atom. The molecule has 1 aliphatic carbocycles. The lowest BCUT2D eigenvalue weighted by molar-refractivity contribution is 0.236. The lowest BCUT2D eigenvalue weighted by Gasteiger charge is -2.05. The molecule has 1 fully saturated rings. The normalized spacial score (nSPS) is 24.6. The van der Waals surface area contributed by atoms with Crippen LogP contribution in [0.2, 0.25) is 0 Å². The van der Waals surface area contributed by atoms with Crippen molar-refractivity contribution in [3.63, 3.8) is 0 Å². The van der Waals surface area contributed by atoms with Gasteiger partial charge in [0.15, 0.2) is 11.1 Å². The summed E-state index contributed by atoms with van der Waals surface area (Å²) in [5, 5.41) is 0. The smallest absolute Gasteiger partial charge is 0.152 e. The largest absolute Gasteiger partial charge is 0.287 e. The van der Waals surface area contributed by atoms with Gasteiger partial charge in [0.2, 0.25) is 0 Å². The molecule has 0 unspecified atom stereocenters. The van der Waals surface area contributed by atoms with Gasteiger partial charge >= 0.3 is 0 Å². The van der Waals surface area contributed by atoms with Gasteiger partial charge in [0.05, 0.1) is 6.10 Å². The minimum Gasteiger partial charge on any atom is -0.287 e. The quantitative estimate of drug-likeness (QED) is 0.589. The van der Waals surface area contributed by atoms with E-state index in [1.54, 1.807) is 6.26 Å². The molecule has 0 bridgehead atoms. The predicted octanol–water partition coefficient (Wildman–Crippen LogP) is 1.24. The molecule has 0 radical (unpaired) electrons. The van der Waals surface area contributed by atoms with Gasteiger partial charge in [-0.15, -0.1) is 0 Å². The van der Waals surface area contributed by atoms with Gasteiger partial charge in [-0.25, -0.2) is 4.21 Å². The van der Waals surface area contributed by atoms with Crippen molar-refractivity contribution in [1.29, 1.82) is 0 Å². The standard InChI is InChI=1S/C6H12O2S/c1-9(7)8-6-4-2-3-5-6/h6H,2-5H2,1H3/t9-/m1/s1. The van der Waals surface area contributed by atoms with Crippen LogP contribution in [-0.4, -0.2) is 16.6 Å². The van der Waals surface area contributed by atoms with E-state index < -0.39 is 11.1 Å². The summed E-state index contributed by atoms with van der Waals surface area (Å²) in [7, 11) is 0. The van der Waals surface area contributed by atoms with E-state index in [1.807, 2.05) is 0 Å². The highest BCUT2D eigenvalue weighted by Gasteiger charge is 2.16. The van der Waals surface area contributed by atoms with Crippen molar-refractivity contribution < 1.29 is 8.39 Å². The van der Waals surface area contributed by atoms with Crippen LogP contribution in [0.25, 0.3) is 0 Å². The van der Waals surface area contributed by atoms with E-state index in [2.05, 4.69) is 0 Å². The molecule has 54 valence electrons. The summed E-state index contributed by atoms with van der Waals surface area (Å²) in [6.45, 7) is 0. The minimum atomic E-state index is -1.06. The average Bonchev–Trinajstić information content (AvgIpc) is 2.15. The Labute approximate surface area is 58.3 Å². The molecule has 1 aliphatic rings. The van der Waals surface area contributed by atoms with E-state index in [1.165, 1.54) is 12.8 Å². The summed E-state index contributed by atoms with van der Waals surface area (Å²) in [6, 6.07) is 0. The first kappa shape index (κ1) is 7.22. The Hall–Kier alpha value is 0.110. The first-order valence-corrected chi connectivity index (χ1v) is 4.78. The summed E-state index contributed by atoms with van der Waals surface area (Å²) in [4.78, 5) is 0. The molecule has 0 heterocycles. The number of rotatable bonds is 2. The van der Waals surface area contributed by atoms with Crippen molar-refractivity contribution in [3.8, 4) is 0 Å². The van der Waals surface area contributed by atoms with Crippen LogP contribution in [0.3, 0.4) is 0 Å². The first-order chi connectivity index (χ1) is 4.29. The van der Waals surface area contributed by atoms with Gasteiger partial charge in [-0.05, 0) is 12.8 Å². The fraction of sp³-hybridized carbons (Fsp3) is 1.00. The van der Waals surface area contributed by atoms with Gasteiger partial charge < -0.3 is 0 Å². The van der Waals surface area contributed by atoms with E-state index in [4.69, 9.17) is 4.18 Å². The molecule has 0 aromatic heterocycles. The third-order valence-corrected chi connectivity index (χ3v) is 2.12. The monoisotopic (exact) mass is 148 g/mol. The van der Waals surface area contributed by atoms with Crippen LogP contribution in [0.15, 0.2) is 0 Å². The highest BCUT2D eigenvalue weighted by atomic mass is 32.2. The molecule has 0 aliphatic heterocycles. The zero-order valence-corrected chi connectivity index (χ0v) is 6.45. The Morgan fingerprint density at radius 1 is 1.44 bits per heavy atom. The lowest BCUT2D eigenvalue weighted by Crippen LogP contribution is -2.08. The molecule has 0 saturated heterocycles. The van der Waals surface area contributed by atoms with Crippen LogP contribution < -0.4 is 0 Å². The first-order valence-electron chi connectivity index (χ1n) is 3.29. The number of hydrogen-bond acceptors (Lipinski definition) is 2. The predicted molar refractivity (Wildman–Crippen MR) is 37.4 cm³/mol. The van der Waals surface area contributed by atoms with Crippen molar-refractivity contribution in [2.75, 3.05) is 6.26 Å². The molecule has 3 heteroatoms. The lowest BCUT2D eigenvalue weighted by atomic mass is 10.3. The molecule has 0 amide bonds. The van der Waals surface area contributed by atoms with Crippen molar-refractivity contribution >= 4 is 11.1 Å². The maximum atomic E-state index is 10.5. The fourth-order valence-corrected chi connectivity index (χ4v) is 1.75. The molecular formula is C6H12O2S. The second-order valence-corrected chi connectivity index (χ2v) is 3.40. The Bertz CT molecular complexity index is 108. The highest BCUT2D eigenvalue weighted by molar-refractivity contribution is 7.79. The molecule has 1 saturated carbocycles. The molecule has 9 heavy (non-hydrogen) atoms. The zero-order chi connectivity index (χ0) is 6.69. The average molecular weight is 148 g/mol. The molecule has 2 nitrogen and oxygen atoms in total. The van der Waals surface area contributed by atoms with Crippen molar-refractivity contribution in [3.05, 3.63) is 0 Å². The summed E-state index contributed by atoms with van der Waals surface area (Å²) in [5.74, 6) is 0. The molecule has 0 aromatic carbocycles. The van der Waals surface area contributed by atoms with Gasteiger partial charge in [0, 0.05) is 6.26 Å². The van der Waals surface area contributed by atoms with Crippen LogP contribution in [0.4, 0.5) is 0 Å². The minimum absolute atomic E-state index is 0.288. The van der Waals surface area contributed by atoms with Gasteiger partial charge in [-0.3, -0.25) is 4.18 Å². The van der Waals surface area contributed by atoms with Crippen LogP contribution in [0, 0.1) is 0 Å². The third-order valence-electron chi connectivity index (χ3n) is 1.57. The summed E-state index contributed by atoms with van der Waals surface area (Å²) < 4.78 is 15.6. The van der Waals surface area contributed by atoms with Gasteiger partial charge in [-0.1, -0.05) is 12.8 Å². The van der Waals surface area contributed by atoms with E-state index in [0.717, 1.165) is 12.8 Å². The summed E-state index contributed by atoms with van der Waals surface area (Å²) >= 11 is -1.06. The SMILES string of the molecule is C[S@](=O)OC1CCCC1. The van der Waals surface area contributed by atoms with Gasteiger partial charge in [-0.2, -0.15) is 0 Å². The molecule has 0 spiro atoms. The molecule has 1 atom stereocenters. The maximum Gasteiger partial charge on any atom is 0.152 e. The van der Waals surface area contributed by atoms with E-state index >= 15 is 0 Å². The highest BCUT2D eigenvalue weighted by Crippen LogP contribution is 2.21. The van der Waals surface area contributed by atoms with Crippen LogP contribution >= 0.6 is 0 Å². The van der Waals surface area contributed by atoms with Gasteiger partial charge in [0.25, 0.3) is 0 Å². The summed E-state index contributed by atoms with van der Waals surface area (Å²) in [5.41, 5.74) is 0. The van der Waals surface area contributed by atoms with Crippen molar-refractivity contribution in [2.45, 2.75) is 31.8 Å². The second-order valence-electron chi connectivity index (χ2n) is 2.40. The maximum absolute atomic E-state index is 10.5. The molecule has 0 aromatic rings. The van der Waals surface area contributed by atoms with E-state index in [0.29, 0.717) is 0 Å². The van der Waals surface area contributed by atoms with Crippen molar-refractivity contribution in [2.24, 2.45) is 0 Å². The second kappa shape index (κ2) is 3.32. The topological polar surface area (TPSA) is 26.3 Å². The Morgan fingerprint density at radius 2 is 2.00 bits per heavy atom. The summed E-state index contributed by atoms with van der Waals surface area (Å²) in [6.07, 6.45) is 6.54. The van der Waals surface area contributed by atoms with Crippen LogP contribution in [0.1, 0.15) is 25.7 Å². The van der Waals surface area contributed by atoms with E-state index in [-0.39, 0.29) is 6.10 Å². The Kier molecular flexibility index (Phi) is 2.66. The zero-order valence-electron chi connectivity index (χ0n) is 5.63. The van der Waals surface area contributed by atoms with Gasteiger partial charge in [0.1, 0.15) is 0 Å². The fourth-order valence-electron chi connectivity index (χ4n) is 1.18. The van der Waals surface area contributed by atoms with Crippen LogP contribution in [0.5, 0.6) is 0 Å². The van der Waals surface area contributed by atoms with E-state index in [9.17, 15) is 4.21 Å². The van der Waals surface area contributed by atoms with Crippen molar-refractivity contribution in [1.82, 2.24) is 0 Å². The molecule has 1 rings (SSSR count). The van der Waals surface area contributed by atoms with Crippen LogP contribution in [-0.2, 0) is 15.3 Å². The molecule has 0 N–H and O–H groups in total. The number of hydrogen-bond donors (Lipinski definition) is 0. The molecular weight excluding hydrogens is 136 g/mol. The third kappa shape index (κ3) is 2.45. The Balaban J connectivity index is 2.19.